The second kappa shape index (κ2) is 7.02. The number of aliphatic hydroxyl groups is 1. The van der Waals surface area contributed by atoms with Crippen LogP contribution >= 0.6 is 0 Å². The van der Waals surface area contributed by atoms with Gasteiger partial charge in [0, 0.05) is 6.54 Å². The summed E-state index contributed by atoms with van der Waals surface area (Å²) < 4.78 is 30.5. The van der Waals surface area contributed by atoms with Crippen LogP contribution in [0.3, 0.4) is 0 Å². The van der Waals surface area contributed by atoms with E-state index in [0.29, 0.717) is 0 Å². The van der Waals surface area contributed by atoms with Gasteiger partial charge in [0.15, 0.2) is 6.61 Å². The van der Waals surface area contributed by atoms with Gasteiger partial charge in [0.2, 0.25) is 15.9 Å². The van der Waals surface area contributed by atoms with Crippen LogP contribution in [0.15, 0.2) is 29.2 Å². The number of carbonyl (C=O) groups excluding carboxylic acids is 1. The average molecular weight is 318 g/mol. The van der Waals surface area contributed by atoms with Crippen LogP contribution < -0.4 is 15.2 Å². The van der Waals surface area contributed by atoms with Gasteiger partial charge in [-0.15, -0.1) is 0 Å². The van der Waals surface area contributed by atoms with E-state index in [9.17, 15) is 18.0 Å². The van der Waals surface area contributed by atoms with Gasteiger partial charge in [-0.2, -0.15) is 0 Å². The summed E-state index contributed by atoms with van der Waals surface area (Å²) in [6.45, 7) is -1.09. The highest BCUT2D eigenvalue weighted by molar-refractivity contribution is 7.89. The number of benzene rings is 1. The Morgan fingerprint density at radius 2 is 1.86 bits per heavy atom. The van der Waals surface area contributed by atoms with Crippen molar-refractivity contribution in [2.75, 3.05) is 13.2 Å². The van der Waals surface area contributed by atoms with Gasteiger partial charge in [-0.05, 0) is 24.3 Å². The van der Waals surface area contributed by atoms with Crippen LogP contribution in [-0.4, -0.2) is 49.8 Å². The van der Waals surface area contributed by atoms with Crippen molar-refractivity contribution in [3.8, 4) is 5.75 Å². The number of sulfonamides is 1. The summed E-state index contributed by atoms with van der Waals surface area (Å²) in [6.07, 6.45) is -1.63. The smallest absolute Gasteiger partial charge is 0.341 e. The first kappa shape index (κ1) is 16.9. The van der Waals surface area contributed by atoms with Crippen molar-refractivity contribution in [2.45, 2.75) is 11.0 Å². The minimum atomic E-state index is -3.93. The number of rotatable bonds is 8. The Balaban J connectivity index is 2.71. The Labute approximate surface area is 120 Å². The molecule has 0 saturated carbocycles. The molecule has 0 radical (unpaired) electrons. The Morgan fingerprint density at radius 1 is 1.29 bits per heavy atom. The van der Waals surface area contributed by atoms with Gasteiger partial charge in [0.05, 0.1) is 4.90 Å². The zero-order valence-corrected chi connectivity index (χ0v) is 11.5. The van der Waals surface area contributed by atoms with E-state index in [-0.39, 0.29) is 10.6 Å². The first-order valence-electron chi connectivity index (χ1n) is 5.64. The number of ether oxygens (including phenoxy) is 1. The van der Waals surface area contributed by atoms with E-state index in [0.717, 1.165) is 0 Å². The molecule has 9 nitrogen and oxygen atoms in total. The maximum absolute atomic E-state index is 11.8. The fourth-order valence-corrected chi connectivity index (χ4v) is 2.27. The molecule has 1 unspecified atom stereocenters. The number of amides is 1. The Bertz CT molecular complexity index is 612. The normalized spacial score (nSPS) is 12.6. The average Bonchev–Trinajstić information content (AvgIpc) is 2.43. The molecule has 0 heterocycles. The van der Waals surface area contributed by atoms with Crippen LogP contribution in [-0.2, 0) is 19.6 Å². The molecule has 0 saturated heterocycles. The van der Waals surface area contributed by atoms with E-state index < -0.39 is 41.2 Å². The third-order valence-electron chi connectivity index (χ3n) is 2.29. The minimum Gasteiger partial charge on any atom is -0.482 e. The quantitative estimate of drug-likeness (QED) is 0.444. The van der Waals surface area contributed by atoms with Gasteiger partial charge < -0.3 is 20.7 Å². The predicted octanol–water partition coefficient (Wildman–Crippen LogP) is -1.73. The summed E-state index contributed by atoms with van der Waals surface area (Å²) in [5, 5.41) is 17.6. The van der Waals surface area contributed by atoms with Gasteiger partial charge in [-0.25, -0.2) is 17.9 Å². The van der Waals surface area contributed by atoms with Crippen molar-refractivity contribution in [1.29, 1.82) is 0 Å². The summed E-state index contributed by atoms with van der Waals surface area (Å²) >= 11 is 0. The summed E-state index contributed by atoms with van der Waals surface area (Å²) in [5.74, 6) is -2.02. The fraction of sp³-hybridized carbons (Fsp3) is 0.273. The van der Waals surface area contributed by atoms with E-state index in [1.54, 1.807) is 0 Å². The number of hydrogen-bond donors (Lipinski definition) is 4. The molecule has 1 aromatic rings. The van der Waals surface area contributed by atoms with Gasteiger partial charge in [0.1, 0.15) is 11.9 Å². The number of hydrogen-bond acceptors (Lipinski definition) is 6. The summed E-state index contributed by atoms with van der Waals surface area (Å²) in [7, 11) is -3.93. The molecule has 1 rings (SSSR count). The predicted molar refractivity (Wildman–Crippen MR) is 70.0 cm³/mol. The molecule has 1 aromatic carbocycles. The molecule has 10 heteroatoms. The van der Waals surface area contributed by atoms with Gasteiger partial charge in [-0.3, -0.25) is 4.79 Å². The van der Waals surface area contributed by atoms with E-state index in [2.05, 4.69) is 0 Å². The summed E-state index contributed by atoms with van der Waals surface area (Å²) in [4.78, 5) is 20.8. The van der Waals surface area contributed by atoms with Gasteiger partial charge >= 0.3 is 5.97 Å². The van der Waals surface area contributed by atoms with E-state index >= 15 is 0 Å². The largest absolute Gasteiger partial charge is 0.482 e. The van der Waals surface area contributed by atoms with E-state index in [4.69, 9.17) is 20.7 Å². The zero-order valence-electron chi connectivity index (χ0n) is 10.7. The number of aliphatic carboxylic acids is 1. The number of nitrogens with one attached hydrogen (secondary N) is 1. The van der Waals surface area contributed by atoms with Crippen molar-refractivity contribution in [1.82, 2.24) is 4.72 Å². The van der Waals surface area contributed by atoms with Crippen LogP contribution in [0.25, 0.3) is 0 Å². The lowest BCUT2D eigenvalue weighted by molar-refractivity contribution is -0.139. The molecule has 0 bridgehead atoms. The van der Waals surface area contributed by atoms with Crippen molar-refractivity contribution < 1.29 is 33.0 Å². The number of aliphatic hydroxyl groups excluding tert-OH is 1. The molecule has 1 amide bonds. The lowest BCUT2D eigenvalue weighted by Gasteiger charge is -2.10. The third kappa shape index (κ3) is 5.38. The first-order valence-corrected chi connectivity index (χ1v) is 7.12. The SMILES string of the molecule is NC(=O)C(O)CNS(=O)(=O)c1ccc(OCC(=O)O)cc1. The summed E-state index contributed by atoms with van der Waals surface area (Å²) in [6, 6.07) is 4.94. The molecular weight excluding hydrogens is 304 g/mol. The van der Waals surface area contributed by atoms with Crippen LogP contribution in [0.1, 0.15) is 0 Å². The Hall–Kier alpha value is -2.17. The molecule has 116 valence electrons. The standard InChI is InChI=1S/C11H14N2O7S/c12-11(17)9(14)5-13-21(18,19)8-3-1-7(2-4-8)20-6-10(15)16/h1-4,9,13-14H,5-6H2,(H2,12,17)(H,15,16). The van der Waals surface area contributed by atoms with Crippen LogP contribution in [0.2, 0.25) is 0 Å². The molecule has 0 fully saturated rings. The maximum atomic E-state index is 11.8. The molecule has 0 aromatic heterocycles. The van der Waals surface area contributed by atoms with Gasteiger partial charge in [0.25, 0.3) is 0 Å². The maximum Gasteiger partial charge on any atom is 0.341 e. The molecule has 1 atom stereocenters. The Morgan fingerprint density at radius 3 is 2.33 bits per heavy atom. The molecule has 0 aliphatic rings. The van der Waals surface area contributed by atoms with E-state index in [1.807, 2.05) is 4.72 Å². The van der Waals surface area contributed by atoms with Gasteiger partial charge in [-0.1, -0.05) is 0 Å². The topological polar surface area (TPSA) is 156 Å². The Kier molecular flexibility index (Phi) is 5.64. The van der Waals surface area contributed by atoms with Crippen molar-refractivity contribution in [3.63, 3.8) is 0 Å². The van der Waals surface area contributed by atoms with E-state index in [1.165, 1.54) is 24.3 Å². The van der Waals surface area contributed by atoms with Crippen molar-refractivity contribution in [2.24, 2.45) is 5.73 Å². The third-order valence-corrected chi connectivity index (χ3v) is 3.73. The minimum absolute atomic E-state index is 0.137. The van der Waals surface area contributed by atoms with Crippen molar-refractivity contribution >= 4 is 21.9 Å². The molecular formula is C11H14N2O7S. The number of primary amides is 1. The monoisotopic (exact) mass is 318 g/mol. The molecule has 0 aliphatic carbocycles. The molecule has 0 aliphatic heterocycles. The summed E-state index contributed by atoms with van der Waals surface area (Å²) in [5.41, 5.74) is 4.79. The second-order valence-corrected chi connectivity index (χ2v) is 5.69. The highest BCUT2D eigenvalue weighted by Crippen LogP contribution is 2.15. The second-order valence-electron chi connectivity index (χ2n) is 3.92. The fourth-order valence-electron chi connectivity index (χ4n) is 1.23. The number of carboxylic acid groups (broad SMARTS) is 1. The van der Waals surface area contributed by atoms with Crippen molar-refractivity contribution in [3.05, 3.63) is 24.3 Å². The first-order chi connectivity index (χ1) is 9.72. The lowest BCUT2D eigenvalue weighted by Crippen LogP contribution is -2.39. The number of nitrogens with two attached hydrogens (primary N) is 1. The van der Waals surface area contributed by atoms with Crippen LogP contribution in [0.4, 0.5) is 0 Å². The lowest BCUT2D eigenvalue weighted by atomic mass is 10.3. The van der Waals surface area contributed by atoms with Crippen LogP contribution in [0.5, 0.6) is 5.75 Å². The highest BCUT2D eigenvalue weighted by Gasteiger charge is 2.18. The highest BCUT2D eigenvalue weighted by atomic mass is 32.2. The molecule has 5 N–H and O–H groups in total. The molecule has 21 heavy (non-hydrogen) atoms. The zero-order chi connectivity index (χ0) is 16.0. The number of carbonyl (C=O) groups is 2. The van der Waals surface area contributed by atoms with Crippen LogP contribution in [0, 0.1) is 0 Å². The number of carboxylic acids is 1. The molecule has 0 spiro atoms.